The number of hydrogen-bond donors (Lipinski definition) is 2. The van der Waals surface area contributed by atoms with Crippen LogP contribution in [0.25, 0.3) is 11.6 Å². The van der Waals surface area contributed by atoms with Gasteiger partial charge < -0.3 is 0 Å². The summed E-state index contributed by atoms with van der Waals surface area (Å²) < 4.78 is 0. The average Bonchev–Trinajstić information content (AvgIpc) is 2.59. The molecule has 0 saturated carbocycles. The van der Waals surface area contributed by atoms with Crippen molar-refractivity contribution in [2.45, 2.75) is 0 Å². The van der Waals surface area contributed by atoms with Gasteiger partial charge in [0, 0.05) is 59.1 Å². The molecule has 0 spiro atoms. The summed E-state index contributed by atoms with van der Waals surface area (Å²) in [7, 11) is 0. The van der Waals surface area contributed by atoms with Crippen molar-refractivity contribution < 1.29 is 0 Å². The molecule has 0 aliphatic heterocycles. The van der Waals surface area contributed by atoms with E-state index in [1.165, 1.54) is 0 Å². The van der Waals surface area contributed by atoms with Crippen LogP contribution in [-0.4, -0.2) is 100 Å². The van der Waals surface area contributed by atoms with Gasteiger partial charge >= 0.3 is 0 Å². The quantitative estimate of drug-likeness (QED) is 0.479. The molecule has 0 aromatic carbocycles. The molecule has 0 fully saturated rings. The maximum absolute atomic E-state index is 3.63. The zero-order chi connectivity index (χ0) is 6.81. The van der Waals surface area contributed by atoms with Gasteiger partial charge in [-0.2, -0.15) is 10.4 Å². The van der Waals surface area contributed by atoms with Crippen LogP contribution in [0.15, 0.2) is 0 Å². The van der Waals surface area contributed by atoms with E-state index in [0.29, 0.717) is 11.6 Å². The fourth-order valence-corrected chi connectivity index (χ4v) is 0.513. The van der Waals surface area contributed by atoms with Gasteiger partial charge in [0.1, 0.15) is 0 Å². The van der Waals surface area contributed by atoms with Gasteiger partial charge in [0.2, 0.25) is 11.6 Å². The molecule has 2 rings (SSSR count). The van der Waals surface area contributed by atoms with Crippen LogP contribution in [0.3, 0.4) is 0 Å². The van der Waals surface area contributed by atoms with Crippen LogP contribution in [0, 0.1) is 0 Å². The molecule has 0 aliphatic rings. The number of nitrogens with zero attached hydrogens (tertiary/aromatic N) is 6. The van der Waals surface area contributed by atoms with Crippen molar-refractivity contribution in [1.82, 2.24) is 41.2 Å². The summed E-state index contributed by atoms with van der Waals surface area (Å²) in [4.78, 5) is 0. The Labute approximate surface area is 111 Å². The Morgan fingerprint density at radius 1 is 0.750 bits per heavy atom. The largest absolute Gasteiger partial charge is 0.245 e. The molecule has 2 N–H and O–H groups in total. The minimum atomic E-state index is 0. The zero-order valence-corrected chi connectivity index (χ0v) is 10.7. The Bertz CT molecular complexity index is 254. The molecular formula is C2H2N8Na2. The SMILES string of the molecule is [Na].[Na].n1nc(-c2nn[nH]n2)n[nH]1. The van der Waals surface area contributed by atoms with Crippen LogP contribution in [0.1, 0.15) is 0 Å². The number of aromatic nitrogens is 8. The van der Waals surface area contributed by atoms with Gasteiger partial charge in [0.15, 0.2) is 0 Å². The summed E-state index contributed by atoms with van der Waals surface area (Å²) >= 11 is 0. The Hall–Kier alpha value is 0.140. The third-order valence-electron chi connectivity index (χ3n) is 0.891. The Kier molecular flexibility index (Phi) is 5.80. The second-order valence-corrected chi connectivity index (χ2v) is 1.47. The van der Waals surface area contributed by atoms with E-state index in [9.17, 15) is 0 Å². The Balaban J connectivity index is 0.000000605. The van der Waals surface area contributed by atoms with Gasteiger partial charge in [-0.1, -0.05) is 0 Å². The summed E-state index contributed by atoms with van der Waals surface area (Å²) in [5.41, 5.74) is 0. The summed E-state index contributed by atoms with van der Waals surface area (Å²) in [6.45, 7) is 0. The number of H-pyrrole nitrogens is 2. The maximum Gasteiger partial charge on any atom is 0.245 e. The normalized spacial score (nSPS) is 8.33. The van der Waals surface area contributed by atoms with Crippen molar-refractivity contribution in [3.63, 3.8) is 0 Å². The van der Waals surface area contributed by atoms with Crippen LogP contribution < -0.4 is 0 Å². The topological polar surface area (TPSA) is 109 Å². The summed E-state index contributed by atoms with van der Waals surface area (Å²) in [6, 6.07) is 0. The van der Waals surface area contributed by atoms with E-state index in [1.54, 1.807) is 0 Å². The molecule has 2 radical (unpaired) electrons. The molecule has 0 amide bonds. The molecule has 0 saturated heterocycles. The van der Waals surface area contributed by atoms with Crippen LogP contribution in [0.4, 0.5) is 0 Å². The summed E-state index contributed by atoms with van der Waals surface area (Å²) in [6.07, 6.45) is 0. The van der Waals surface area contributed by atoms with E-state index >= 15 is 0 Å². The van der Waals surface area contributed by atoms with E-state index in [2.05, 4.69) is 41.2 Å². The second-order valence-electron chi connectivity index (χ2n) is 1.47. The molecular weight excluding hydrogens is 182 g/mol. The minimum absolute atomic E-state index is 0. The van der Waals surface area contributed by atoms with Gasteiger partial charge in [-0.05, 0) is 10.4 Å². The third kappa shape index (κ3) is 2.57. The molecule has 2 aromatic heterocycles. The molecule has 0 bridgehead atoms. The van der Waals surface area contributed by atoms with Crippen molar-refractivity contribution in [3.05, 3.63) is 0 Å². The van der Waals surface area contributed by atoms with Gasteiger partial charge in [-0.15, -0.1) is 20.4 Å². The molecule has 10 heteroatoms. The van der Waals surface area contributed by atoms with Crippen molar-refractivity contribution >= 4 is 59.1 Å². The molecule has 52 valence electrons. The zero-order valence-electron chi connectivity index (χ0n) is 6.68. The second kappa shape index (κ2) is 5.73. The summed E-state index contributed by atoms with van der Waals surface area (Å²) in [5, 5.41) is 25.7. The van der Waals surface area contributed by atoms with Crippen LogP contribution in [-0.2, 0) is 0 Å². The van der Waals surface area contributed by atoms with Gasteiger partial charge in [-0.3, -0.25) is 0 Å². The van der Waals surface area contributed by atoms with E-state index in [0.717, 1.165) is 0 Å². The monoisotopic (exact) mass is 184 g/mol. The van der Waals surface area contributed by atoms with Crippen LogP contribution in [0.2, 0.25) is 0 Å². The van der Waals surface area contributed by atoms with Crippen molar-refractivity contribution in [2.75, 3.05) is 0 Å². The third-order valence-corrected chi connectivity index (χ3v) is 0.891. The average molecular weight is 184 g/mol. The fraction of sp³-hybridized carbons (Fsp3) is 0. The molecule has 0 aliphatic carbocycles. The van der Waals surface area contributed by atoms with Crippen molar-refractivity contribution in [3.8, 4) is 11.6 Å². The van der Waals surface area contributed by atoms with Crippen molar-refractivity contribution in [1.29, 1.82) is 0 Å². The smallest absolute Gasteiger partial charge is 0.177 e. The fourth-order valence-electron chi connectivity index (χ4n) is 0.513. The first-order valence-electron chi connectivity index (χ1n) is 2.44. The molecule has 2 aromatic rings. The van der Waals surface area contributed by atoms with Gasteiger partial charge in [0.05, 0.1) is 0 Å². The number of aromatic amines is 2. The standard InChI is InChI=1S/C2H2N8.2Na/c3-1(4-8-7-3)2-5-9-10-6-2;;/h(H,3,4,7,8)(H,5,6,9,10);;. The minimum Gasteiger partial charge on any atom is -0.177 e. The number of hydrogen-bond acceptors (Lipinski definition) is 6. The molecule has 0 unspecified atom stereocenters. The maximum atomic E-state index is 3.63. The van der Waals surface area contributed by atoms with E-state index < -0.39 is 0 Å². The van der Waals surface area contributed by atoms with E-state index in [4.69, 9.17) is 0 Å². The summed E-state index contributed by atoms with van der Waals surface area (Å²) in [5.74, 6) is 0.655. The first kappa shape index (κ1) is 12.1. The van der Waals surface area contributed by atoms with Crippen LogP contribution in [0.5, 0.6) is 0 Å². The molecule has 8 nitrogen and oxygen atoms in total. The van der Waals surface area contributed by atoms with Crippen LogP contribution >= 0.6 is 0 Å². The van der Waals surface area contributed by atoms with Crippen molar-refractivity contribution in [2.24, 2.45) is 0 Å². The molecule has 2 heterocycles. The Morgan fingerprint density at radius 3 is 1.42 bits per heavy atom. The first-order valence-corrected chi connectivity index (χ1v) is 2.44. The molecule has 12 heavy (non-hydrogen) atoms. The predicted octanol–water partition coefficient (Wildman–Crippen LogP) is -2.38. The van der Waals surface area contributed by atoms with Gasteiger partial charge in [-0.25, -0.2) is 0 Å². The number of tetrazole rings is 2. The number of nitrogens with one attached hydrogen (secondary N) is 2. The predicted molar refractivity (Wildman–Crippen MR) is 38.9 cm³/mol. The van der Waals surface area contributed by atoms with Gasteiger partial charge in [0.25, 0.3) is 0 Å². The first-order chi connectivity index (χ1) is 4.97. The number of rotatable bonds is 1. The molecule has 0 atom stereocenters. The van der Waals surface area contributed by atoms with E-state index in [-0.39, 0.29) is 59.1 Å². The Morgan fingerprint density at radius 2 is 1.17 bits per heavy atom. The van der Waals surface area contributed by atoms with E-state index in [1.807, 2.05) is 0 Å².